The van der Waals surface area contributed by atoms with Crippen molar-refractivity contribution >= 4 is 29.5 Å². The van der Waals surface area contributed by atoms with Crippen molar-refractivity contribution in [1.29, 1.82) is 0 Å². The number of hydrogen-bond acceptors (Lipinski definition) is 10. The Labute approximate surface area is 248 Å². The van der Waals surface area contributed by atoms with Crippen LogP contribution in [0.4, 0.5) is 17.6 Å². The van der Waals surface area contributed by atoms with E-state index in [-0.39, 0.29) is 23.4 Å². The second kappa shape index (κ2) is 14.5. The van der Waals surface area contributed by atoms with Crippen LogP contribution in [0.15, 0.2) is 47.3 Å². The van der Waals surface area contributed by atoms with Gasteiger partial charge in [0, 0.05) is 30.8 Å². The third-order valence-corrected chi connectivity index (χ3v) is 7.44. The highest BCUT2D eigenvalue weighted by Crippen LogP contribution is 2.27. The molecular formula is C30H37N7O6. The predicted octanol–water partition coefficient (Wildman–Crippen LogP) is 3.03. The Hall–Kier alpha value is -4.65. The van der Waals surface area contributed by atoms with Gasteiger partial charge in [0.05, 0.1) is 18.8 Å². The van der Waals surface area contributed by atoms with Crippen LogP contribution >= 0.6 is 0 Å². The first-order chi connectivity index (χ1) is 20.9. The molecule has 4 heterocycles. The van der Waals surface area contributed by atoms with Crippen molar-refractivity contribution < 1.29 is 24.2 Å². The Balaban J connectivity index is 1.37. The summed E-state index contributed by atoms with van der Waals surface area (Å²) in [5, 5.41) is 21.9. The Morgan fingerprint density at radius 3 is 2.51 bits per heavy atom. The SMILES string of the molecule is O=C(NC(C(=O)O)C1CCCNC1)c1ccc2cc1OCCCCCCOc1ccc(cc1)CNc1nc([nH]c(=O)n1)N2. The fourth-order valence-corrected chi connectivity index (χ4v) is 5.14. The average Bonchev–Trinajstić information content (AvgIpc) is 3.00. The summed E-state index contributed by atoms with van der Waals surface area (Å²) in [6.45, 7) is 2.72. The third kappa shape index (κ3) is 8.44. The molecule has 0 aliphatic carbocycles. The first-order valence-electron chi connectivity index (χ1n) is 14.7. The van der Waals surface area contributed by atoms with E-state index in [1.807, 2.05) is 24.3 Å². The van der Waals surface area contributed by atoms with Crippen LogP contribution in [0.2, 0.25) is 0 Å². The molecule has 43 heavy (non-hydrogen) atoms. The van der Waals surface area contributed by atoms with Crippen molar-refractivity contribution in [3.8, 4) is 11.5 Å². The molecule has 2 atom stereocenters. The molecule has 2 aromatic carbocycles. The zero-order valence-electron chi connectivity index (χ0n) is 23.9. The van der Waals surface area contributed by atoms with E-state index < -0.39 is 23.6 Å². The van der Waals surface area contributed by atoms with Crippen molar-refractivity contribution in [2.24, 2.45) is 5.92 Å². The van der Waals surface area contributed by atoms with E-state index in [0.29, 0.717) is 44.2 Å². The Morgan fingerprint density at radius 1 is 0.977 bits per heavy atom. The lowest BCUT2D eigenvalue weighted by molar-refractivity contribution is -0.140. The van der Waals surface area contributed by atoms with Crippen LogP contribution in [-0.4, -0.2) is 64.3 Å². The number of nitrogens with zero attached hydrogens (tertiary/aromatic N) is 2. The maximum Gasteiger partial charge on any atom is 0.351 e. The number of carbonyl (C=O) groups excluding carboxylic acids is 1. The summed E-state index contributed by atoms with van der Waals surface area (Å²) in [5.41, 5.74) is 1.11. The Morgan fingerprint density at radius 2 is 1.77 bits per heavy atom. The summed E-state index contributed by atoms with van der Waals surface area (Å²) >= 11 is 0. The molecule has 1 saturated heterocycles. The minimum Gasteiger partial charge on any atom is -0.494 e. The first kappa shape index (κ1) is 29.8. The van der Waals surface area contributed by atoms with Gasteiger partial charge in [-0.25, -0.2) is 9.59 Å². The summed E-state index contributed by atoms with van der Waals surface area (Å²) < 4.78 is 11.9. The Bertz CT molecular complexity index is 1460. The van der Waals surface area contributed by atoms with Gasteiger partial charge >= 0.3 is 11.7 Å². The van der Waals surface area contributed by atoms with Gasteiger partial charge in [-0.15, -0.1) is 0 Å². The largest absolute Gasteiger partial charge is 0.494 e. The molecule has 13 nitrogen and oxygen atoms in total. The zero-order chi connectivity index (χ0) is 30.0. The molecule has 1 amide bonds. The molecule has 13 heteroatoms. The number of carboxylic acid groups (broad SMARTS) is 1. The minimum absolute atomic E-state index is 0.141. The zero-order valence-corrected chi connectivity index (χ0v) is 23.9. The van der Waals surface area contributed by atoms with Crippen LogP contribution in [0.5, 0.6) is 11.5 Å². The number of aromatic amines is 1. The molecule has 0 saturated carbocycles. The molecule has 1 fully saturated rings. The van der Waals surface area contributed by atoms with Crippen LogP contribution < -0.4 is 36.4 Å². The molecule has 3 aliphatic rings. The molecule has 1 aromatic heterocycles. The summed E-state index contributed by atoms with van der Waals surface area (Å²) in [6, 6.07) is 11.5. The highest BCUT2D eigenvalue weighted by molar-refractivity contribution is 5.99. The van der Waals surface area contributed by atoms with Crippen LogP contribution in [0.25, 0.3) is 0 Å². The molecule has 0 spiro atoms. The number of aliphatic carboxylic acids is 1. The number of H-pyrrole nitrogens is 1. The van der Waals surface area contributed by atoms with E-state index in [0.717, 1.165) is 50.0 Å². The molecule has 6 bridgehead atoms. The third-order valence-electron chi connectivity index (χ3n) is 7.44. The highest BCUT2D eigenvalue weighted by Gasteiger charge is 2.31. The summed E-state index contributed by atoms with van der Waals surface area (Å²) in [6.07, 6.45) is 5.07. The minimum atomic E-state index is -1.07. The second-order valence-electron chi connectivity index (χ2n) is 10.7. The van der Waals surface area contributed by atoms with Crippen molar-refractivity contribution in [2.45, 2.75) is 51.1 Å². The van der Waals surface area contributed by atoms with Gasteiger partial charge < -0.3 is 35.8 Å². The molecule has 2 unspecified atom stereocenters. The smallest absolute Gasteiger partial charge is 0.351 e. The average molecular weight is 592 g/mol. The number of hydrogen-bond donors (Lipinski definition) is 6. The van der Waals surface area contributed by atoms with Gasteiger partial charge in [0.2, 0.25) is 11.9 Å². The number of rotatable bonds is 4. The number of aromatic nitrogens is 3. The fourth-order valence-electron chi connectivity index (χ4n) is 5.14. The van der Waals surface area contributed by atoms with Gasteiger partial charge in [-0.3, -0.25) is 9.78 Å². The number of nitrogens with one attached hydrogen (secondary N) is 5. The molecule has 6 N–H and O–H groups in total. The van der Waals surface area contributed by atoms with Gasteiger partial charge in [0.1, 0.15) is 17.5 Å². The van der Waals surface area contributed by atoms with Gasteiger partial charge in [0.15, 0.2) is 0 Å². The van der Waals surface area contributed by atoms with Crippen molar-refractivity contribution in [1.82, 2.24) is 25.6 Å². The number of fused-ring (bicyclic) bond motifs is 10. The number of anilines is 3. The van der Waals surface area contributed by atoms with E-state index >= 15 is 0 Å². The van der Waals surface area contributed by atoms with Gasteiger partial charge in [-0.2, -0.15) is 9.97 Å². The molecule has 3 aromatic rings. The molecule has 0 radical (unpaired) electrons. The lowest BCUT2D eigenvalue weighted by atomic mass is 9.91. The van der Waals surface area contributed by atoms with Crippen LogP contribution in [0.3, 0.4) is 0 Å². The van der Waals surface area contributed by atoms with Crippen molar-refractivity contribution in [3.63, 3.8) is 0 Å². The van der Waals surface area contributed by atoms with Crippen LogP contribution in [-0.2, 0) is 11.3 Å². The van der Waals surface area contributed by atoms with Crippen molar-refractivity contribution in [2.75, 3.05) is 36.9 Å². The highest BCUT2D eigenvalue weighted by atomic mass is 16.5. The number of carboxylic acids is 1. The maximum absolute atomic E-state index is 13.4. The molecular weight excluding hydrogens is 554 g/mol. The van der Waals surface area contributed by atoms with Gasteiger partial charge in [0.25, 0.3) is 5.91 Å². The van der Waals surface area contributed by atoms with Crippen LogP contribution in [0, 0.1) is 5.92 Å². The first-order valence-corrected chi connectivity index (χ1v) is 14.7. The number of piperidine rings is 1. The molecule has 6 rings (SSSR count). The van der Waals surface area contributed by atoms with Crippen molar-refractivity contribution in [3.05, 3.63) is 64.1 Å². The maximum atomic E-state index is 13.4. The predicted molar refractivity (Wildman–Crippen MR) is 160 cm³/mol. The lowest BCUT2D eigenvalue weighted by Crippen LogP contribution is -2.50. The lowest BCUT2D eigenvalue weighted by Gasteiger charge is -2.28. The summed E-state index contributed by atoms with van der Waals surface area (Å²) in [7, 11) is 0. The monoisotopic (exact) mass is 591 g/mol. The topological polar surface area (TPSA) is 180 Å². The number of benzene rings is 2. The Kier molecular flexibility index (Phi) is 10.1. The van der Waals surface area contributed by atoms with Gasteiger partial charge in [-0.1, -0.05) is 12.1 Å². The summed E-state index contributed by atoms with van der Waals surface area (Å²) in [4.78, 5) is 48.6. The number of ether oxygens (including phenoxy) is 2. The second-order valence-corrected chi connectivity index (χ2v) is 10.7. The van der Waals surface area contributed by atoms with E-state index in [9.17, 15) is 19.5 Å². The quantitative estimate of drug-likeness (QED) is 0.263. The fraction of sp³-hybridized carbons (Fsp3) is 0.433. The molecule has 228 valence electrons. The standard InChI is InChI=1S/C30H37N7O6/c38-26(34-25(27(39)40)20-6-5-13-31-18-20)23-12-9-21-16-24(23)43-15-4-2-1-3-14-42-22-10-7-19(8-11-22)17-32-28-35-29(33-21)37-30(41)36-28/h7-12,16,20,25,31H,1-6,13-15,17-18H2,(H,34,38)(H,39,40)(H3,32,33,35,36,37,41). The van der Waals surface area contributed by atoms with Gasteiger partial charge in [-0.05, 0) is 74.9 Å². The van der Waals surface area contributed by atoms with E-state index in [2.05, 4.69) is 36.2 Å². The van der Waals surface area contributed by atoms with Crippen LogP contribution in [0.1, 0.15) is 54.4 Å². The van der Waals surface area contributed by atoms with E-state index in [1.165, 1.54) is 0 Å². The molecule has 3 aliphatic heterocycles. The summed E-state index contributed by atoms with van der Waals surface area (Å²) in [5.74, 6) is -0.458. The van der Waals surface area contributed by atoms with E-state index in [1.54, 1.807) is 18.2 Å². The van der Waals surface area contributed by atoms with E-state index in [4.69, 9.17) is 9.47 Å². The normalized spacial score (nSPS) is 18.4. The number of carbonyl (C=O) groups is 2. The number of amides is 1.